The van der Waals surface area contributed by atoms with Crippen molar-refractivity contribution in [2.24, 2.45) is 11.8 Å². The van der Waals surface area contributed by atoms with Crippen molar-refractivity contribution in [3.8, 4) is 0 Å². The summed E-state index contributed by atoms with van der Waals surface area (Å²) in [6.07, 6.45) is 5.88. The minimum absolute atomic E-state index is 0.109. The molecule has 0 aromatic carbocycles. The Hall–Kier alpha value is -2.27. The van der Waals surface area contributed by atoms with E-state index in [1.165, 1.54) is 0 Å². The molecule has 2 bridgehead atoms. The van der Waals surface area contributed by atoms with Gasteiger partial charge in [0.15, 0.2) is 0 Å². The van der Waals surface area contributed by atoms with Crippen molar-refractivity contribution in [1.82, 2.24) is 14.7 Å². The smallest absolute Gasteiger partial charge is 0.312 e. The summed E-state index contributed by atoms with van der Waals surface area (Å²) in [7, 11) is 0. The number of aliphatic hydroxyl groups excluding tert-OH is 1. The Morgan fingerprint density at radius 1 is 1.21 bits per heavy atom. The van der Waals surface area contributed by atoms with Gasteiger partial charge in [-0.15, -0.1) is 13.2 Å². The topological polar surface area (TPSA) is 109 Å². The summed E-state index contributed by atoms with van der Waals surface area (Å²) in [5.74, 6) is -2.46. The number of carbonyl (C=O) groups is 3. The molecule has 5 atom stereocenters. The number of rotatable bonds is 14. The maximum absolute atomic E-state index is 14.3. The summed E-state index contributed by atoms with van der Waals surface area (Å²) in [4.78, 5) is 47.3. The lowest BCUT2D eigenvalue weighted by atomic mass is 9.65. The van der Waals surface area contributed by atoms with Crippen LogP contribution in [0.3, 0.4) is 0 Å². The molecule has 4 saturated heterocycles. The van der Waals surface area contributed by atoms with Crippen molar-refractivity contribution < 1.29 is 33.7 Å². The molecule has 0 radical (unpaired) electrons. The number of amides is 2. The van der Waals surface area contributed by atoms with Crippen molar-refractivity contribution in [3.63, 3.8) is 0 Å². The molecule has 1 N–H and O–H groups in total. The zero-order valence-electron chi connectivity index (χ0n) is 22.6. The number of esters is 1. The van der Waals surface area contributed by atoms with E-state index in [-0.39, 0.29) is 31.6 Å². The van der Waals surface area contributed by atoms with Gasteiger partial charge in [0.05, 0.1) is 31.3 Å². The van der Waals surface area contributed by atoms with Crippen molar-refractivity contribution in [2.45, 2.75) is 56.3 Å². The fourth-order valence-electron chi connectivity index (χ4n) is 6.88. The second-order valence-corrected chi connectivity index (χ2v) is 10.7. The van der Waals surface area contributed by atoms with Crippen LogP contribution in [0.25, 0.3) is 0 Å². The second kappa shape index (κ2) is 12.3. The van der Waals surface area contributed by atoms with E-state index >= 15 is 0 Å². The zero-order valence-corrected chi connectivity index (χ0v) is 22.6. The Morgan fingerprint density at radius 2 is 1.97 bits per heavy atom. The highest BCUT2D eigenvalue weighted by Crippen LogP contribution is 2.64. The fraction of sp³-hybridized carbons (Fsp3) is 0.750. The number of carbonyl (C=O) groups excluding carboxylic acids is 3. The van der Waals surface area contributed by atoms with E-state index in [2.05, 4.69) is 18.1 Å². The van der Waals surface area contributed by atoms with Gasteiger partial charge in [0.2, 0.25) is 11.8 Å². The number of ether oxygens (including phenoxy) is 3. The summed E-state index contributed by atoms with van der Waals surface area (Å²) in [5.41, 5.74) is -1.93. The van der Waals surface area contributed by atoms with Crippen molar-refractivity contribution in [1.29, 1.82) is 0 Å². The number of hydrogen-bond donors (Lipinski definition) is 1. The summed E-state index contributed by atoms with van der Waals surface area (Å²) in [5, 5.41) is 9.56. The summed E-state index contributed by atoms with van der Waals surface area (Å²) < 4.78 is 17.8. The van der Waals surface area contributed by atoms with Crippen molar-refractivity contribution in [2.75, 3.05) is 65.7 Å². The minimum Gasteiger partial charge on any atom is -0.465 e. The largest absolute Gasteiger partial charge is 0.465 e. The van der Waals surface area contributed by atoms with Gasteiger partial charge in [0.25, 0.3) is 0 Å². The van der Waals surface area contributed by atoms with E-state index < -0.39 is 35.0 Å². The maximum Gasteiger partial charge on any atom is 0.312 e. The molecule has 0 saturated carbocycles. The fourth-order valence-corrected chi connectivity index (χ4v) is 6.88. The first-order valence-electron chi connectivity index (χ1n) is 14.0. The quantitative estimate of drug-likeness (QED) is 0.200. The first kappa shape index (κ1) is 28.7. The number of nitrogens with zero attached hydrogens (tertiary/aromatic N) is 3. The van der Waals surface area contributed by atoms with E-state index in [1.54, 1.807) is 22.0 Å². The van der Waals surface area contributed by atoms with Crippen LogP contribution in [-0.4, -0.2) is 121 Å². The molecule has 4 aliphatic rings. The number of hydrogen-bond acceptors (Lipinski definition) is 8. The Labute approximate surface area is 225 Å². The lowest BCUT2D eigenvalue weighted by molar-refractivity contribution is -0.162. The average Bonchev–Trinajstić information content (AvgIpc) is 3.53. The Morgan fingerprint density at radius 3 is 2.63 bits per heavy atom. The third-order valence-electron chi connectivity index (χ3n) is 8.74. The van der Waals surface area contributed by atoms with E-state index in [0.717, 1.165) is 13.1 Å². The van der Waals surface area contributed by atoms with Gasteiger partial charge in [-0.3, -0.25) is 19.3 Å². The second-order valence-electron chi connectivity index (χ2n) is 10.7. The van der Waals surface area contributed by atoms with E-state index in [9.17, 15) is 19.5 Å². The van der Waals surface area contributed by atoms with Gasteiger partial charge in [0.1, 0.15) is 17.6 Å². The lowest BCUT2D eigenvalue weighted by Gasteiger charge is -2.37. The number of aliphatic hydroxyl groups is 1. The third kappa shape index (κ3) is 5.03. The molecule has 0 aromatic heterocycles. The molecular formula is C28H43N3O7. The van der Waals surface area contributed by atoms with E-state index in [0.29, 0.717) is 65.0 Å². The Balaban J connectivity index is 1.64. The lowest BCUT2D eigenvalue weighted by Crippen LogP contribution is -2.57. The van der Waals surface area contributed by atoms with Gasteiger partial charge in [-0.05, 0) is 32.1 Å². The molecule has 4 aliphatic heterocycles. The molecule has 1 spiro atoms. The highest BCUT2D eigenvalue weighted by atomic mass is 16.6. The standard InChI is InChI=1S/C28H43N3O7/c1-4-7-18-37-26(35)22-21-24(33)31(12-8-17-32)23(28(21)10-9-27(22,6-3)38-28)25(34)30(11-5-2)14-13-29-15-19-36-20-16-29/h4-5,21-23,32H,1-2,6-20H2,3H3/t21-,22-,23?,27+,28?/m0/s1. The molecule has 4 heterocycles. The van der Waals surface area contributed by atoms with Gasteiger partial charge in [-0.1, -0.05) is 19.1 Å². The number of fused-ring (bicyclic) bond motifs is 1. The van der Waals surface area contributed by atoms with E-state index in [1.807, 2.05) is 6.92 Å². The summed E-state index contributed by atoms with van der Waals surface area (Å²) in [6.45, 7) is 14.3. The molecule has 0 aromatic rings. The van der Waals surface area contributed by atoms with Crippen LogP contribution in [0, 0.1) is 11.8 Å². The van der Waals surface area contributed by atoms with Crippen LogP contribution in [0.1, 0.15) is 39.0 Å². The molecule has 2 amide bonds. The molecule has 2 unspecified atom stereocenters. The van der Waals surface area contributed by atoms with Gasteiger partial charge in [-0.25, -0.2) is 0 Å². The minimum atomic E-state index is -1.10. The normalized spacial score (nSPS) is 32.3. The first-order valence-corrected chi connectivity index (χ1v) is 14.0. The number of morpholine rings is 1. The molecule has 0 aliphatic carbocycles. The van der Waals surface area contributed by atoms with Crippen LogP contribution in [-0.2, 0) is 28.6 Å². The van der Waals surface area contributed by atoms with E-state index in [4.69, 9.17) is 14.2 Å². The van der Waals surface area contributed by atoms with Gasteiger partial charge >= 0.3 is 5.97 Å². The predicted molar refractivity (Wildman–Crippen MR) is 140 cm³/mol. The Kier molecular flexibility index (Phi) is 9.28. The highest BCUT2D eigenvalue weighted by molar-refractivity contribution is 5.98. The maximum atomic E-state index is 14.3. The molecule has 10 heteroatoms. The van der Waals surface area contributed by atoms with Crippen LogP contribution >= 0.6 is 0 Å². The average molecular weight is 534 g/mol. The van der Waals surface area contributed by atoms with Crippen LogP contribution in [0.2, 0.25) is 0 Å². The molecule has 4 rings (SSSR count). The molecule has 38 heavy (non-hydrogen) atoms. The monoisotopic (exact) mass is 533 g/mol. The summed E-state index contributed by atoms with van der Waals surface area (Å²) in [6, 6.07) is -0.865. The van der Waals surface area contributed by atoms with Crippen molar-refractivity contribution in [3.05, 3.63) is 25.3 Å². The van der Waals surface area contributed by atoms with Crippen LogP contribution in [0.15, 0.2) is 25.3 Å². The van der Waals surface area contributed by atoms with Crippen LogP contribution in [0.5, 0.6) is 0 Å². The summed E-state index contributed by atoms with van der Waals surface area (Å²) >= 11 is 0. The van der Waals surface area contributed by atoms with Gasteiger partial charge in [-0.2, -0.15) is 0 Å². The zero-order chi connectivity index (χ0) is 27.3. The first-order chi connectivity index (χ1) is 18.4. The van der Waals surface area contributed by atoms with Gasteiger partial charge < -0.3 is 29.1 Å². The molecule has 212 valence electrons. The predicted octanol–water partition coefficient (Wildman–Crippen LogP) is 0.990. The Bertz CT molecular complexity index is 907. The highest BCUT2D eigenvalue weighted by Gasteiger charge is 2.79. The third-order valence-corrected chi connectivity index (χ3v) is 8.74. The van der Waals surface area contributed by atoms with Gasteiger partial charge in [0, 0.05) is 45.9 Å². The van der Waals surface area contributed by atoms with Crippen LogP contribution in [0.4, 0.5) is 0 Å². The van der Waals surface area contributed by atoms with Crippen LogP contribution < -0.4 is 0 Å². The SMILES string of the molecule is C=CCCOC(=O)[C@@H]1[C@H]2C(=O)N(CCCO)C(C(=O)N(CC=C)CCN3CCOCC3)C23CC[C@@]1(CC)O3. The molecule has 10 nitrogen and oxygen atoms in total. The molecular weight excluding hydrogens is 490 g/mol. The number of likely N-dealkylation sites (tertiary alicyclic amines) is 1. The molecule has 4 fully saturated rings. The van der Waals surface area contributed by atoms with Crippen molar-refractivity contribution >= 4 is 17.8 Å².